The first-order valence-corrected chi connectivity index (χ1v) is 7.30. The van der Waals surface area contributed by atoms with Gasteiger partial charge in [-0.2, -0.15) is 0 Å². The summed E-state index contributed by atoms with van der Waals surface area (Å²) >= 11 is 0. The van der Waals surface area contributed by atoms with E-state index in [0.717, 1.165) is 10.4 Å². The number of rotatable bonds is 2. The van der Waals surface area contributed by atoms with Gasteiger partial charge < -0.3 is 10.3 Å². The lowest BCUT2D eigenvalue weighted by Gasteiger charge is -2.25. The molecule has 2 heterocycles. The second-order valence-electron chi connectivity index (χ2n) is 7.64. The lowest BCUT2D eigenvalue weighted by Crippen LogP contribution is -2.41. The molecular formula is C15H25N5O2. The zero-order valence-electron chi connectivity index (χ0n) is 14.4. The molecule has 122 valence electrons. The van der Waals surface area contributed by atoms with E-state index in [0.29, 0.717) is 17.7 Å². The smallest absolute Gasteiger partial charge is 0.324 e. The number of aryl methyl sites for hydroxylation is 1. The van der Waals surface area contributed by atoms with Gasteiger partial charge in [0, 0.05) is 31.6 Å². The molecule has 0 saturated carbocycles. The largest absolute Gasteiger partial charge is 0.332 e. The Bertz CT molecular complexity index is 840. The molecule has 0 aliphatic heterocycles. The summed E-state index contributed by atoms with van der Waals surface area (Å²) in [6.45, 7) is 10.3. The van der Waals surface area contributed by atoms with E-state index >= 15 is 0 Å². The average molecular weight is 307 g/mol. The third-order valence-electron chi connectivity index (χ3n) is 3.58. The van der Waals surface area contributed by atoms with Crippen LogP contribution in [0.2, 0.25) is 0 Å². The summed E-state index contributed by atoms with van der Waals surface area (Å²) in [7, 11) is 3.10. The maximum Gasteiger partial charge on any atom is 0.332 e. The van der Waals surface area contributed by atoms with Crippen molar-refractivity contribution < 1.29 is 0 Å². The molecule has 0 radical (unpaired) electrons. The standard InChI is InChI=1S/C15H25N5O2/c1-14(2,3)12-17-10-9(20(12)8-15(4,5)16)11(21)19(7)13(22)18(10)6/h8,16H2,1-7H3. The minimum atomic E-state index is -0.507. The number of nitrogens with zero attached hydrogens (tertiary/aromatic N) is 4. The molecule has 22 heavy (non-hydrogen) atoms. The van der Waals surface area contributed by atoms with Gasteiger partial charge >= 0.3 is 5.69 Å². The number of fused-ring (bicyclic) bond motifs is 1. The van der Waals surface area contributed by atoms with E-state index < -0.39 is 5.54 Å². The third-order valence-corrected chi connectivity index (χ3v) is 3.58. The van der Waals surface area contributed by atoms with Gasteiger partial charge in [0.05, 0.1) is 0 Å². The van der Waals surface area contributed by atoms with E-state index in [-0.39, 0.29) is 16.7 Å². The Morgan fingerprint density at radius 2 is 1.59 bits per heavy atom. The molecule has 7 nitrogen and oxygen atoms in total. The molecule has 7 heteroatoms. The summed E-state index contributed by atoms with van der Waals surface area (Å²) in [5.41, 5.74) is 5.49. The summed E-state index contributed by atoms with van der Waals surface area (Å²) in [5.74, 6) is 0.749. The van der Waals surface area contributed by atoms with Crippen LogP contribution in [0.25, 0.3) is 11.2 Å². The topological polar surface area (TPSA) is 87.8 Å². The van der Waals surface area contributed by atoms with Crippen LogP contribution in [0.3, 0.4) is 0 Å². The van der Waals surface area contributed by atoms with Crippen molar-refractivity contribution in [1.29, 1.82) is 0 Å². The van der Waals surface area contributed by atoms with Crippen LogP contribution in [0.4, 0.5) is 0 Å². The van der Waals surface area contributed by atoms with Gasteiger partial charge in [0.1, 0.15) is 5.82 Å². The monoisotopic (exact) mass is 307 g/mol. The molecule has 0 spiro atoms. The van der Waals surface area contributed by atoms with Crippen molar-refractivity contribution in [3.8, 4) is 0 Å². The van der Waals surface area contributed by atoms with E-state index in [4.69, 9.17) is 5.73 Å². The summed E-state index contributed by atoms with van der Waals surface area (Å²) in [5, 5.41) is 0. The highest BCUT2D eigenvalue weighted by Gasteiger charge is 2.28. The number of hydrogen-bond acceptors (Lipinski definition) is 4. The predicted molar refractivity (Wildman–Crippen MR) is 87.2 cm³/mol. The summed E-state index contributed by atoms with van der Waals surface area (Å²) in [6.07, 6.45) is 0. The summed E-state index contributed by atoms with van der Waals surface area (Å²) in [6, 6.07) is 0. The lowest BCUT2D eigenvalue weighted by atomic mass is 9.95. The fourth-order valence-corrected chi connectivity index (χ4v) is 2.58. The van der Waals surface area contributed by atoms with Crippen LogP contribution in [0.15, 0.2) is 9.59 Å². The fourth-order valence-electron chi connectivity index (χ4n) is 2.58. The van der Waals surface area contributed by atoms with Crippen LogP contribution in [0.5, 0.6) is 0 Å². The van der Waals surface area contributed by atoms with Crippen molar-refractivity contribution in [3.05, 3.63) is 26.7 Å². The van der Waals surface area contributed by atoms with Crippen molar-refractivity contribution in [2.75, 3.05) is 0 Å². The van der Waals surface area contributed by atoms with Crippen LogP contribution in [-0.2, 0) is 26.1 Å². The third kappa shape index (κ3) is 2.61. The number of hydrogen-bond donors (Lipinski definition) is 1. The molecule has 0 fully saturated rings. The van der Waals surface area contributed by atoms with Crippen molar-refractivity contribution >= 4 is 11.2 Å². The van der Waals surface area contributed by atoms with Crippen molar-refractivity contribution in [3.63, 3.8) is 0 Å². The summed E-state index contributed by atoms with van der Waals surface area (Å²) < 4.78 is 4.37. The fraction of sp³-hybridized carbons (Fsp3) is 0.667. The first-order chi connectivity index (χ1) is 9.84. The molecule has 2 N–H and O–H groups in total. The van der Waals surface area contributed by atoms with Crippen molar-refractivity contribution in [2.24, 2.45) is 19.8 Å². The normalized spacial score (nSPS) is 13.1. The van der Waals surface area contributed by atoms with Gasteiger partial charge in [0.15, 0.2) is 11.2 Å². The van der Waals surface area contributed by atoms with E-state index in [2.05, 4.69) is 4.98 Å². The first-order valence-electron chi connectivity index (χ1n) is 7.30. The zero-order chi connectivity index (χ0) is 17.0. The molecule has 2 aromatic heterocycles. The Morgan fingerprint density at radius 3 is 2.05 bits per heavy atom. The van der Waals surface area contributed by atoms with Crippen LogP contribution >= 0.6 is 0 Å². The van der Waals surface area contributed by atoms with Crippen LogP contribution in [-0.4, -0.2) is 24.2 Å². The zero-order valence-corrected chi connectivity index (χ0v) is 14.4. The number of imidazole rings is 1. The molecule has 0 bridgehead atoms. The molecule has 0 aliphatic carbocycles. The van der Waals surface area contributed by atoms with Crippen molar-refractivity contribution in [2.45, 2.75) is 52.1 Å². The minimum Gasteiger partial charge on any atom is -0.324 e. The quantitative estimate of drug-likeness (QED) is 0.873. The maximum atomic E-state index is 12.6. The lowest BCUT2D eigenvalue weighted by molar-refractivity contribution is 0.406. The molecular weight excluding hydrogens is 282 g/mol. The maximum absolute atomic E-state index is 12.6. The van der Waals surface area contributed by atoms with Crippen LogP contribution in [0, 0.1) is 0 Å². The van der Waals surface area contributed by atoms with Gasteiger partial charge in [-0.25, -0.2) is 9.78 Å². The Hall–Kier alpha value is -1.89. The highest BCUT2D eigenvalue weighted by atomic mass is 16.2. The van der Waals surface area contributed by atoms with Gasteiger partial charge in [-0.3, -0.25) is 13.9 Å². The van der Waals surface area contributed by atoms with Gasteiger partial charge in [-0.05, 0) is 13.8 Å². The molecule has 0 atom stereocenters. The Morgan fingerprint density at radius 1 is 1.05 bits per heavy atom. The minimum absolute atomic E-state index is 0.272. The van der Waals surface area contributed by atoms with E-state index in [9.17, 15) is 9.59 Å². The Labute approximate surface area is 129 Å². The molecule has 2 aromatic rings. The molecule has 0 unspecified atom stereocenters. The second kappa shape index (κ2) is 4.81. The van der Waals surface area contributed by atoms with Gasteiger partial charge in [-0.1, -0.05) is 20.8 Å². The average Bonchev–Trinajstić information content (AvgIpc) is 2.71. The van der Waals surface area contributed by atoms with Crippen LogP contribution in [0.1, 0.15) is 40.4 Å². The van der Waals surface area contributed by atoms with E-state index in [1.807, 2.05) is 39.2 Å². The molecule has 0 aromatic carbocycles. The number of aromatic nitrogens is 4. The summed E-state index contributed by atoms with van der Waals surface area (Å²) in [4.78, 5) is 29.3. The Balaban J connectivity index is 3.01. The SMILES string of the molecule is Cn1c(=O)c2c(nc(C(C)(C)C)n2CC(C)(C)N)n(C)c1=O. The number of nitrogens with two attached hydrogens (primary N) is 1. The highest BCUT2D eigenvalue weighted by molar-refractivity contribution is 5.71. The molecule has 0 saturated heterocycles. The van der Waals surface area contributed by atoms with Gasteiger partial charge in [-0.15, -0.1) is 0 Å². The first kappa shape index (κ1) is 16.5. The van der Waals surface area contributed by atoms with Crippen molar-refractivity contribution in [1.82, 2.24) is 18.7 Å². The van der Waals surface area contributed by atoms with E-state index in [1.54, 1.807) is 7.05 Å². The molecule has 0 aliphatic rings. The second-order valence-corrected chi connectivity index (χ2v) is 7.64. The predicted octanol–water partition coefficient (Wildman–Crippen LogP) is 0.469. The van der Waals surface area contributed by atoms with Gasteiger partial charge in [0.2, 0.25) is 0 Å². The van der Waals surface area contributed by atoms with E-state index in [1.165, 1.54) is 11.6 Å². The highest BCUT2D eigenvalue weighted by Crippen LogP contribution is 2.25. The van der Waals surface area contributed by atoms with Crippen LogP contribution < -0.4 is 17.0 Å². The Kier molecular flexibility index (Phi) is 3.60. The van der Waals surface area contributed by atoms with Gasteiger partial charge in [0.25, 0.3) is 5.56 Å². The molecule has 0 amide bonds. The molecule has 2 rings (SSSR count).